The number of hydrogen-bond acceptors (Lipinski definition) is 3. The molecule has 0 saturated heterocycles. The van der Waals surface area contributed by atoms with E-state index in [2.05, 4.69) is 25.1 Å². The molecule has 4 rings (SSSR count). The van der Waals surface area contributed by atoms with Crippen LogP contribution in [0.2, 0.25) is 0 Å². The van der Waals surface area contributed by atoms with Crippen LogP contribution >= 0.6 is 0 Å². The van der Waals surface area contributed by atoms with Crippen LogP contribution in [0.15, 0.2) is 23.2 Å². The van der Waals surface area contributed by atoms with Gasteiger partial charge in [0.05, 0.1) is 25.3 Å². The minimum atomic E-state index is 0.208. The number of aliphatic imine (C=N–C) groups is 1. The summed E-state index contributed by atoms with van der Waals surface area (Å²) in [5.74, 6) is 2.04. The minimum absolute atomic E-state index is 0.208. The second-order valence-corrected chi connectivity index (χ2v) is 10.7. The molecule has 1 spiro atoms. The second-order valence-electron chi connectivity index (χ2n) is 10.7. The summed E-state index contributed by atoms with van der Waals surface area (Å²) < 4.78 is 11.0. The van der Waals surface area contributed by atoms with Crippen molar-refractivity contribution in [2.24, 2.45) is 22.1 Å². The zero-order valence-corrected chi connectivity index (χ0v) is 20.6. The van der Waals surface area contributed by atoms with Crippen molar-refractivity contribution in [3.05, 3.63) is 34.9 Å². The molecule has 5 nitrogen and oxygen atoms in total. The van der Waals surface area contributed by atoms with E-state index in [0.717, 1.165) is 25.3 Å². The molecule has 2 N–H and O–H groups in total. The monoisotopic (exact) mass is 441 g/mol. The standard InChI is InChI=1S/C27H43N3O2/c1-19(18-31-3)30(2)26(28)29-17-25-24-15-21(8-7-20-5-6-20)9-10-22(24)16-27(25)13-11-23(32-4)12-14-27/h9-10,15,19-20,23,25H,5-8,11-14,16-18H2,1-4H3,(H2,28,29)/t19?,23?,25-,27?/m1/s1. The molecule has 1 aromatic rings. The van der Waals surface area contributed by atoms with Crippen LogP contribution in [-0.4, -0.2) is 57.4 Å². The average molecular weight is 442 g/mol. The maximum Gasteiger partial charge on any atom is 0.191 e. The first-order chi connectivity index (χ1) is 15.5. The summed E-state index contributed by atoms with van der Waals surface area (Å²) in [6, 6.07) is 7.53. The van der Waals surface area contributed by atoms with Crippen LogP contribution in [0, 0.1) is 11.3 Å². The molecule has 0 heterocycles. The normalized spacial score (nSPS) is 28.7. The predicted molar refractivity (Wildman–Crippen MR) is 131 cm³/mol. The lowest BCUT2D eigenvalue weighted by atomic mass is 9.65. The Balaban J connectivity index is 1.55. The summed E-state index contributed by atoms with van der Waals surface area (Å²) in [7, 11) is 5.60. The molecule has 3 aliphatic carbocycles. The number of likely N-dealkylation sites (N-methyl/N-ethyl adjacent to an activating group) is 1. The lowest BCUT2D eigenvalue weighted by Gasteiger charge is -2.41. The summed E-state index contributed by atoms with van der Waals surface area (Å²) in [5.41, 5.74) is 11.3. The van der Waals surface area contributed by atoms with Crippen LogP contribution < -0.4 is 5.73 Å². The van der Waals surface area contributed by atoms with Gasteiger partial charge in [-0.15, -0.1) is 0 Å². The Bertz CT molecular complexity index is 796. The third-order valence-electron chi connectivity index (χ3n) is 8.53. The van der Waals surface area contributed by atoms with Gasteiger partial charge in [-0.25, -0.2) is 0 Å². The van der Waals surface area contributed by atoms with Gasteiger partial charge in [0.2, 0.25) is 0 Å². The van der Waals surface area contributed by atoms with E-state index in [-0.39, 0.29) is 6.04 Å². The largest absolute Gasteiger partial charge is 0.383 e. The highest BCUT2D eigenvalue weighted by atomic mass is 16.5. The van der Waals surface area contributed by atoms with Gasteiger partial charge in [-0.1, -0.05) is 31.0 Å². The Kier molecular flexibility index (Phi) is 7.46. The van der Waals surface area contributed by atoms with E-state index in [1.54, 1.807) is 12.7 Å². The second kappa shape index (κ2) is 10.1. The molecule has 3 aliphatic rings. The van der Waals surface area contributed by atoms with Crippen molar-refractivity contribution in [1.82, 2.24) is 4.90 Å². The van der Waals surface area contributed by atoms with Gasteiger partial charge in [0.25, 0.3) is 0 Å². The molecule has 0 aromatic heterocycles. The quantitative estimate of drug-likeness (QED) is 0.452. The number of aryl methyl sites for hydroxylation is 1. The molecule has 1 aromatic carbocycles. The summed E-state index contributed by atoms with van der Waals surface area (Å²) >= 11 is 0. The molecule has 2 saturated carbocycles. The molecule has 0 radical (unpaired) electrons. The Morgan fingerprint density at radius 1 is 1.22 bits per heavy atom. The van der Waals surface area contributed by atoms with Gasteiger partial charge in [-0.3, -0.25) is 4.99 Å². The Hall–Kier alpha value is -1.59. The number of ether oxygens (including phenoxy) is 2. The fourth-order valence-corrected chi connectivity index (χ4v) is 5.99. The highest BCUT2D eigenvalue weighted by Gasteiger charge is 2.47. The fraction of sp³-hybridized carbons (Fsp3) is 0.741. The van der Waals surface area contributed by atoms with E-state index in [4.69, 9.17) is 20.2 Å². The summed E-state index contributed by atoms with van der Waals surface area (Å²) in [5, 5.41) is 0. The lowest BCUT2D eigenvalue weighted by Crippen LogP contribution is -2.43. The smallest absolute Gasteiger partial charge is 0.191 e. The van der Waals surface area contributed by atoms with E-state index < -0.39 is 0 Å². The van der Waals surface area contributed by atoms with Gasteiger partial charge < -0.3 is 20.1 Å². The number of fused-ring (bicyclic) bond motifs is 1. The predicted octanol–water partition coefficient (Wildman–Crippen LogP) is 4.53. The third kappa shape index (κ3) is 5.14. The molecular weight excluding hydrogens is 398 g/mol. The SMILES string of the molecule is COCC(C)N(C)C(N)=NC[C@@H]1c2cc(CCC3CC3)ccc2CC12CCC(OC)CC2. The molecule has 5 heteroatoms. The summed E-state index contributed by atoms with van der Waals surface area (Å²) in [6.45, 7) is 3.54. The van der Waals surface area contributed by atoms with Crippen molar-refractivity contribution in [3.8, 4) is 0 Å². The van der Waals surface area contributed by atoms with E-state index in [0.29, 0.717) is 30.0 Å². The van der Waals surface area contributed by atoms with Gasteiger partial charge in [-0.05, 0) is 79.9 Å². The average Bonchev–Trinajstić information content (AvgIpc) is 3.59. The van der Waals surface area contributed by atoms with Gasteiger partial charge in [0.15, 0.2) is 5.96 Å². The molecule has 0 amide bonds. The molecule has 178 valence electrons. The number of rotatable bonds is 9. The maximum atomic E-state index is 6.43. The first-order valence-electron chi connectivity index (χ1n) is 12.6. The van der Waals surface area contributed by atoms with Crippen molar-refractivity contribution < 1.29 is 9.47 Å². The number of hydrogen-bond donors (Lipinski definition) is 1. The van der Waals surface area contributed by atoms with Gasteiger partial charge in [0, 0.05) is 27.2 Å². The molecular formula is C27H43N3O2. The van der Waals surface area contributed by atoms with Crippen molar-refractivity contribution in [2.75, 3.05) is 34.4 Å². The third-order valence-corrected chi connectivity index (χ3v) is 8.53. The number of benzene rings is 1. The highest BCUT2D eigenvalue weighted by Crippen LogP contribution is 2.55. The zero-order chi connectivity index (χ0) is 22.7. The van der Waals surface area contributed by atoms with E-state index in [1.165, 1.54) is 56.1 Å². The molecule has 0 aliphatic heterocycles. The van der Waals surface area contributed by atoms with Crippen LogP contribution in [-0.2, 0) is 22.3 Å². The molecule has 2 atom stereocenters. The van der Waals surface area contributed by atoms with Crippen LogP contribution in [0.5, 0.6) is 0 Å². The maximum absolute atomic E-state index is 6.43. The number of methoxy groups -OCH3 is 2. The number of nitrogens with two attached hydrogens (primary N) is 1. The van der Waals surface area contributed by atoms with Gasteiger partial charge in [-0.2, -0.15) is 0 Å². The summed E-state index contributed by atoms with van der Waals surface area (Å²) in [4.78, 5) is 6.99. The Morgan fingerprint density at radius 3 is 2.62 bits per heavy atom. The van der Waals surface area contributed by atoms with Crippen molar-refractivity contribution >= 4 is 5.96 Å². The van der Waals surface area contributed by atoms with E-state index in [9.17, 15) is 0 Å². The molecule has 0 bridgehead atoms. The molecule has 32 heavy (non-hydrogen) atoms. The number of guanidine groups is 1. The zero-order valence-electron chi connectivity index (χ0n) is 20.6. The first kappa shape index (κ1) is 23.6. The van der Waals surface area contributed by atoms with Crippen LogP contribution in [0.25, 0.3) is 0 Å². The minimum Gasteiger partial charge on any atom is -0.383 e. The number of nitrogens with zero attached hydrogens (tertiary/aromatic N) is 2. The van der Waals surface area contributed by atoms with E-state index in [1.807, 2.05) is 19.1 Å². The van der Waals surface area contributed by atoms with Crippen molar-refractivity contribution in [2.45, 2.75) is 82.8 Å². The van der Waals surface area contributed by atoms with Crippen molar-refractivity contribution in [3.63, 3.8) is 0 Å². The van der Waals surface area contributed by atoms with Crippen LogP contribution in [0.3, 0.4) is 0 Å². The fourth-order valence-electron chi connectivity index (χ4n) is 5.99. The summed E-state index contributed by atoms with van der Waals surface area (Å²) in [6.07, 6.45) is 11.7. The highest BCUT2D eigenvalue weighted by molar-refractivity contribution is 5.78. The Morgan fingerprint density at radius 2 is 1.97 bits per heavy atom. The van der Waals surface area contributed by atoms with Gasteiger partial charge >= 0.3 is 0 Å². The topological polar surface area (TPSA) is 60.1 Å². The van der Waals surface area contributed by atoms with Crippen LogP contribution in [0.1, 0.15) is 74.5 Å². The lowest BCUT2D eigenvalue weighted by molar-refractivity contribution is 0.0211. The van der Waals surface area contributed by atoms with Crippen LogP contribution in [0.4, 0.5) is 0 Å². The van der Waals surface area contributed by atoms with E-state index >= 15 is 0 Å². The van der Waals surface area contributed by atoms with Crippen molar-refractivity contribution in [1.29, 1.82) is 0 Å². The molecule has 2 fully saturated rings. The Labute approximate surface area is 194 Å². The molecule has 1 unspecified atom stereocenters. The van der Waals surface area contributed by atoms with Gasteiger partial charge in [0.1, 0.15) is 0 Å². The first-order valence-corrected chi connectivity index (χ1v) is 12.6.